The molecule has 0 bridgehead atoms. The van der Waals surface area contributed by atoms with E-state index in [1.54, 1.807) is 0 Å². The van der Waals surface area contributed by atoms with E-state index in [1.165, 1.54) is 35.1 Å². The summed E-state index contributed by atoms with van der Waals surface area (Å²) in [4.78, 5) is 28.7. The summed E-state index contributed by atoms with van der Waals surface area (Å²) in [5.41, 5.74) is 1.48. The Morgan fingerprint density at radius 1 is 1.15 bits per heavy atom. The summed E-state index contributed by atoms with van der Waals surface area (Å²) >= 11 is 7.60. The first-order valence-electron chi connectivity index (χ1n) is 10.1. The van der Waals surface area contributed by atoms with Gasteiger partial charge in [-0.05, 0) is 37.7 Å². The van der Waals surface area contributed by atoms with Gasteiger partial charge in [0.25, 0.3) is 0 Å². The smallest absolute Gasteiger partial charge is 0.237 e. The molecule has 5 nitrogen and oxygen atoms in total. The Labute approximate surface area is 169 Å². The average molecular weight is 407 g/mol. The zero-order chi connectivity index (χ0) is 18.8. The number of fused-ring (bicyclic) bond motifs is 3. The fourth-order valence-corrected chi connectivity index (χ4v) is 5.55. The number of amides is 1. The van der Waals surface area contributed by atoms with Crippen LogP contribution >= 0.6 is 22.9 Å². The summed E-state index contributed by atoms with van der Waals surface area (Å²) < 4.78 is 0. The fraction of sp³-hybridized carbons (Fsp3) is 0.650. The van der Waals surface area contributed by atoms with Gasteiger partial charge in [0.2, 0.25) is 5.91 Å². The van der Waals surface area contributed by atoms with Crippen LogP contribution in [-0.4, -0.2) is 52.8 Å². The van der Waals surface area contributed by atoms with E-state index in [4.69, 9.17) is 21.6 Å². The zero-order valence-corrected chi connectivity index (χ0v) is 17.5. The van der Waals surface area contributed by atoms with Crippen LogP contribution in [0.1, 0.15) is 48.9 Å². The SMILES string of the molecule is CCCCc1nc(N2CCN(C(=O)CCl)CC2)c2c3c(sc2n1)CCCC3. The third kappa shape index (κ3) is 3.79. The number of halogens is 1. The highest BCUT2D eigenvalue weighted by Gasteiger charge is 2.27. The second kappa shape index (κ2) is 8.31. The Morgan fingerprint density at radius 2 is 1.93 bits per heavy atom. The summed E-state index contributed by atoms with van der Waals surface area (Å²) in [5.74, 6) is 2.16. The molecule has 0 N–H and O–H groups in total. The summed E-state index contributed by atoms with van der Waals surface area (Å²) in [6, 6.07) is 0. The quantitative estimate of drug-likeness (QED) is 0.708. The number of aromatic nitrogens is 2. The molecule has 146 valence electrons. The topological polar surface area (TPSA) is 49.3 Å². The van der Waals surface area contributed by atoms with Crippen LogP contribution in [0, 0.1) is 0 Å². The second-order valence-electron chi connectivity index (χ2n) is 7.46. The molecule has 1 saturated heterocycles. The van der Waals surface area contributed by atoms with Crippen molar-refractivity contribution in [3.05, 3.63) is 16.3 Å². The molecule has 7 heteroatoms. The molecule has 0 saturated carbocycles. The van der Waals surface area contributed by atoms with Crippen molar-refractivity contribution in [3.63, 3.8) is 0 Å². The number of hydrogen-bond acceptors (Lipinski definition) is 5. The minimum atomic E-state index is 0.0284. The first kappa shape index (κ1) is 18.9. The van der Waals surface area contributed by atoms with Gasteiger partial charge in [-0.15, -0.1) is 22.9 Å². The summed E-state index contributed by atoms with van der Waals surface area (Å²) in [7, 11) is 0. The third-order valence-electron chi connectivity index (χ3n) is 5.64. The molecular formula is C20H27ClN4OS. The highest BCUT2D eigenvalue weighted by Crippen LogP contribution is 2.40. The van der Waals surface area contributed by atoms with Gasteiger partial charge in [0.15, 0.2) is 0 Å². The summed E-state index contributed by atoms with van der Waals surface area (Å²) in [5, 5.41) is 1.28. The van der Waals surface area contributed by atoms with E-state index in [-0.39, 0.29) is 11.8 Å². The van der Waals surface area contributed by atoms with Crippen LogP contribution in [-0.2, 0) is 24.1 Å². The second-order valence-corrected chi connectivity index (χ2v) is 8.81. The maximum Gasteiger partial charge on any atom is 0.237 e. The van der Waals surface area contributed by atoms with E-state index in [1.807, 2.05) is 16.2 Å². The molecule has 1 aliphatic carbocycles. The number of thiophene rings is 1. The van der Waals surface area contributed by atoms with E-state index >= 15 is 0 Å². The lowest BCUT2D eigenvalue weighted by atomic mass is 9.97. The van der Waals surface area contributed by atoms with Gasteiger partial charge in [-0.3, -0.25) is 4.79 Å². The van der Waals surface area contributed by atoms with Gasteiger partial charge < -0.3 is 9.80 Å². The zero-order valence-electron chi connectivity index (χ0n) is 16.0. The Bertz CT molecular complexity index is 829. The predicted octanol–water partition coefficient (Wildman–Crippen LogP) is 3.80. The molecule has 0 radical (unpaired) electrons. The van der Waals surface area contributed by atoms with Gasteiger partial charge in [-0.25, -0.2) is 9.97 Å². The molecule has 4 rings (SSSR count). The monoisotopic (exact) mass is 406 g/mol. The van der Waals surface area contributed by atoms with Crippen molar-refractivity contribution in [1.29, 1.82) is 0 Å². The van der Waals surface area contributed by atoms with Crippen LogP contribution in [0.3, 0.4) is 0 Å². The number of alkyl halides is 1. The molecular weight excluding hydrogens is 380 g/mol. The number of unbranched alkanes of at least 4 members (excludes halogenated alkanes) is 1. The fourth-order valence-electron chi connectivity index (χ4n) is 4.11. The highest BCUT2D eigenvalue weighted by atomic mass is 35.5. The van der Waals surface area contributed by atoms with Crippen molar-refractivity contribution in [2.45, 2.75) is 51.9 Å². The largest absolute Gasteiger partial charge is 0.352 e. The van der Waals surface area contributed by atoms with E-state index in [2.05, 4.69) is 11.8 Å². The van der Waals surface area contributed by atoms with Crippen molar-refractivity contribution >= 4 is 44.9 Å². The van der Waals surface area contributed by atoms with Crippen molar-refractivity contribution in [2.75, 3.05) is 37.0 Å². The van der Waals surface area contributed by atoms with Crippen LogP contribution < -0.4 is 4.90 Å². The van der Waals surface area contributed by atoms with Crippen molar-refractivity contribution in [2.24, 2.45) is 0 Å². The first-order chi connectivity index (χ1) is 13.2. The highest BCUT2D eigenvalue weighted by molar-refractivity contribution is 7.19. The first-order valence-corrected chi connectivity index (χ1v) is 11.5. The summed E-state index contributed by atoms with van der Waals surface area (Å²) in [6.45, 7) is 5.26. The Kier molecular flexibility index (Phi) is 5.83. The molecule has 0 unspecified atom stereocenters. The van der Waals surface area contributed by atoms with E-state index in [9.17, 15) is 4.79 Å². The Hall–Kier alpha value is -1.40. The number of carbonyl (C=O) groups is 1. The molecule has 0 atom stereocenters. The van der Waals surface area contributed by atoms with Crippen LogP contribution in [0.25, 0.3) is 10.2 Å². The van der Waals surface area contributed by atoms with Crippen LogP contribution in [0.4, 0.5) is 5.82 Å². The van der Waals surface area contributed by atoms with Gasteiger partial charge in [0.1, 0.15) is 22.4 Å². The molecule has 1 fully saturated rings. The lowest BCUT2D eigenvalue weighted by Gasteiger charge is -2.35. The van der Waals surface area contributed by atoms with E-state index in [0.717, 1.165) is 55.2 Å². The Balaban J connectivity index is 1.69. The van der Waals surface area contributed by atoms with Crippen LogP contribution in [0.5, 0.6) is 0 Å². The minimum absolute atomic E-state index is 0.0284. The standard InChI is InChI=1S/C20H27ClN4OS/c1-2-3-8-16-22-19(25-11-9-24(10-12-25)17(26)13-21)18-14-6-4-5-7-15(14)27-20(18)23-16/h2-13H2,1H3. The Morgan fingerprint density at radius 3 is 2.67 bits per heavy atom. The molecule has 2 aromatic heterocycles. The van der Waals surface area contributed by atoms with Gasteiger partial charge in [-0.2, -0.15) is 0 Å². The number of piperazine rings is 1. The molecule has 1 aliphatic heterocycles. The summed E-state index contributed by atoms with van der Waals surface area (Å²) in [6.07, 6.45) is 8.07. The lowest BCUT2D eigenvalue weighted by molar-refractivity contribution is -0.128. The maximum absolute atomic E-state index is 11.9. The normalized spacial score (nSPS) is 17.4. The number of aryl methyl sites for hydroxylation is 3. The number of nitrogens with zero attached hydrogens (tertiary/aromatic N) is 4. The number of hydrogen-bond donors (Lipinski definition) is 0. The molecule has 0 spiro atoms. The molecule has 2 aromatic rings. The molecule has 3 heterocycles. The van der Waals surface area contributed by atoms with Crippen LogP contribution in [0.15, 0.2) is 0 Å². The average Bonchev–Trinajstić information content (AvgIpc) is 3.09. The number of carbonyl (C=O) groups excluding carboxylic acids is 1. The number of rotatable bonds is 5. The van der Waals surface area contributed by atoms with Crippen LogP contribution in [0.2, 0.25) is 0 Å². The van der Waals surface area contributed by atoms with E-state index in [0.29, 0.717) is 13.1 Å². The molecule has 2 aliphatic rings. The van der Waals surface area contributed by atoms with Crippen molar-refractivity contribution in [1.82, 2.24) is 14.9 Å². The lowest BCUT2D eigenvalue weighted by Crippen LogP contribution is -2.49. The molecule has 1 amide bonds. The van der Waals surface area contributed by atoms with E-state index < -0.39 is 0 Å². The molecule has 0 aromatic carbocycles. The van der Waals surface area contributed by atoms with Gasteiger partial charge in [-0.1, -0.05) is 13.3 Å². The van der Waals surface area contributed by atoms with Crippen molar-refractivity contribution in [3.8, 4) is 0 Å². The molecule has 27 heavy (non-hydrogen) atoms. The third-order valence-corrected chi connectivity index (χ3v) is 7.06. The van der Waals surface area contributed by atoms with Gasteiger partial charge >= 0.3 is 0 Å². The number of anilines is 1. The van der Waals surface area contributed by atoms with Crippen molar-refractivity contribution < 1.29 is 4.79 Å². The minimum Gasteiger partial charge on any atom is -0.352 e. The van der Waals surface area contributed by atoms with Gasteiger partial charge in [0.05, 0.1) is 5.39 Å². The predicted molar refractivity (Wildman–Crippen MR) is 112 cm³/mol. The maximum atomic E-state index is 11.9. The van der Waals surface area contributed by atoms with Gasteiger partial charge in [0, 0.05) is 37.5 Å².